The summed E-state index contributed by atoms with van der Waals surface area (Å²) in [5, 5.41) is 14.1. The first-order valence-electron chi connectivity index (χ1n) is 4.79. The number of hydrogen-bond donors (Lipinski definition) is 3. The van der Waals surface area contributed by atoms with E-state index in [-0.39, 0.29) is 23.9 Å². The molecule has 2 aromatic rings. The van der Waals surface area contributed by atoms with Crippen molar-refractivity contribution >= 4 is 28.2 Å². The van der Waals surface area contributed by atoms with Gasteiger partial charge in [-0.3, -0.25) is 4.79 Å². The second kappa shape index (κ2) is 4.79. The molecule has 2 aromatic heterocycles. The Bertz CT molecular complexity index is 541. The smallest absolute Gasteiger partial charge is 0.231 e. The first-order valence-corrected chi connectivity index (χ1v) is 5.67. The molecule has 0 aliphatic rings. The summed E-state index contributed by atoms with van der Waals surface area (Å²) in [6.07, 6.45) is 1.58. The molecule has 0 bridgehead atoms. The number of hydrogen-bond acceptors (Lipinski definition) is 6. The standard InChI is InChI=1S/C10H10N4O2S/c11-10-13-6(5-17-10)4-8(16)14-9-7(15)2-1-3-12-9/h1-3,5,15H,4H2,(H2,11,13)(H,12,14,16). The number of pyridine rings is 1. The minimum absolute atomic E-state index is 0.0707. The maximum atomic E-state index is 11.6. The van der Waals surface area contributed by atoms with Gasteiger partial charge in [-0.25, -0.2) is 9.97 Å². The van der Waals surface area contributed by atoms with Crippen molar-refractivity contribution in [1.82, 2.24) is 9.97 Å². The van der Waals surface area contributed by atoms with E-state index in [0.717, 1.165) is 0 Å². The number of aromatic hydroxyl groups is 1. The Hall–Kier alpha value is -2.15. The Labute approximate surface area is 101 Å². The van der Waals surface area contributed by atoms with E-state index in [1.807, 2.05) is 0 Å². The van der Waals surface area contributed by atoms with Crippen molar-refractivity contribution in [2.24, 2.45) is 0 Å². The number of nitrogens with zero attached hydrogens (tertiary/aromatic N) is 2. The van der Waals surface area contributed by atoms with Crippen LogP contribution >= 0.6 is 11.3 Å². The largest absolute Gasteiger partial charge is 0.504 e. The molecule has 4 N–H and O–H groups in total. The van der Waals surface area contributed by atoms with Gasteiger partial charge in [0.1, 0.15) is 0 Å². The fraction of sp³-hybridized carbons (Fsp3) is 0.100. The van der Waals surface area contributed by atoms with Crippen molar-refractivity contribution in [2.75, 3.05) is 11.1 Å². The maximum absolute atomic E-state index is 11.6. The van der Waals surface area contributed by atoms with Gasteiger partial charge < -0.3 is 16.2 Å². The molecule has 0 spiro atoms. The molecule has 0 aromatic carbocycles. The lowest BCUT2D eigenvalue weighted by atomic mass is 10.3. The van der Waals surface area contributed by atoms with Crippen LogP contribution in [-0.2, 0) is 11.2 Å². The van der Waals surface area contributed by atoms with Crippen molar-refractivity contribution in [3.8, 4) is 5.75 Å². The highest BCUT2D eigenvalue weighted by Crippen LogP contribution is 2.18. The molecule has 17 heavy (non-hydrogen) atoms. The van der Waals surface area contributed by atoms with Crippen LogP contribution < -0.4 is 11.1 Å². The van der Waals surface area contributed by atoms with E-state index < -0.39 is 0 Å². The Morgan fingerprint density at radius 1 is 1.59 bits per heavy atom. The third kappa shape index (κ3) is 2.91. The van der Waals surface area contributed by atoms with Crippen LogP contribution in [0.3, 0.4) is 0 Å². The fourth-order valence-corrected chi connectivity index (χ4v) is 1.80. The van der Waals surface area contributed by atoms with Crippen LogP contribution in [0.2, 0.25) is 0 Å². The first kappa shape index (κ1) is 11.3. The third-order valence-electron chi connectivity index (χ3n) is 1.96. The van der Waals surface area contributed by atoms with Gasteiger partial charge in [0, 0.05) is 11.6 Å². The van der Waals surface area contributed by atoms with Crippen molar-refractivity contribution < 1.29 is 9.90 Å². The Morgan fingerprint density at radius 2 is 2.41 bits per heavy atom. The number of thiazole rings is 1. The van der Waals surface area contributed by atoms with Gasteiger partial charge in [0.2, 0.25) is 5.91 Å². The highest BCUT2D eigenvalue weighted by Gasteiger charge is 2.09. The molecule has 0 aliphatic heterocycles. The quantitative estimate of drug-likeness (QED) is 0.754. The lowest BCUT2D eigenvalue weighted by molar-refractivity contribution is -0.115. The lowest BCUT2D eigenvalue weighted by Crippen LogP contribution is -2.15. The van der Waals surface area contributed by atoms with E-state index in [9.17, 15) is 9.90 Å². The molecular weight excluding hydrogens is 240 g/mol. The number of nitrogens with two attached hydrogens (primary N) is 1. The van der Waals surface area contributed by atoms with Gasteiger partial charge in [-0.15, -0.1) is 11.3 Å². The van der Waals surface area contributed by atoms with Crippen LogP contribution in [-0.4, -0.2) is 21.0 Å². The van der Waals surface area contributed by atoms with Gasteiger partial charge >= 0.3 is 0 Å². The Balaban J connectivity index is 2.01. The van der Waals surface area contributed by atoms with Crippen LogP contribution in [0.5, 0.6) is 5.75 Å². The number of carbonyl (C=O) groups excluding carboxylic acids is 1. The summed E-state index contributed by atoms with van der Waals surface area (Å²) in [5.74, 6) is -0.233. The van der Waals surface area contributed by atoms with Crippen molar-refractivity contribution in [3.05, 3.63) is 29.4 Å². The molecule has 0 saturated heterocycles. The van der Waals surface area contributed by atoms with Crippen LogP contribution in [0.25, 0.3) is 0 Å². The van der Waals surface area contributed by atoms with Crippen LogP contribution in [0.1, 0.15) is 5.69 Å². The average molecular weight is 250 g/mol. The van der Waals surface area contributed by atoms with Gasteiger partial charge in [-0.1, -0.05) is 0 Å². The lowest BCUT2D eigenvalue weighted by Gasteiger charge is -2.04. The predicted molar refractivity (Wildman–Crippen MR) is 64.8 cm³/mol. The molecule has 0 atom stereocenters. The Kier molecular flexibility index (Phi) is 3.20. The summed E-state index contributed by atoms with van der Waals surface area (Å²) in [4.78, 5) is 19.4. The molecule has 0 saturated carbocycles. The summed E-state index contributed by atoms with van der Waals surface area (Å²) >= 11 is 1.28. The van der Waals surface area contributed by atoms with Crippen LogP contribution in [0.15, 0.2) is 23.7 Å². The van der Waals surface area contributed by atoms with E-state index in [2.05, 4.69) is 15.3 Å². The zero-order chi connectivity index (χ0) is 12.3. The molecule has 88 valence electrons. The number of anilines is 2. The van der Waals surface area contributed by atoms with E-state index in [1.54, 1.807) is 11.4 Å². The molecule has 1 amide bonds. The second-order valence-electron chi connectivity index (χ2n) is 3.27. The van der Waals surface area contributed by atoms with Gasteiger partial charge in [0.05, 0.1) is 12.1 Å². The Morgan fingerprint density at radius 3 is 3.06 bits per heavy atom. The number of nitrogens with one attached hydrogen (secondary N) is 1. The number of aromatic nitrogens is 2. The summed E-state index contributed by atoms with van der Waals surface area (Å²) in [6.45, 7) is 0. The minimum Gasteiger partial charge on any atom is -0.504 e. The van der Waals surface area contributed by atoms with Crippen molar-refractivity contribution in [1.29, 1.82) is 0 Å². The average Bonchev–Trinajstić information content (AvgIpc) is 2.67. The number of rotatable bonds is 3. The van der Waals surface area contributed by atoms with Crippen LogP contribution in [0, 0.1) is 0 Å². The molecule has 0 unspecified atom stereocenters. The fourth-order valence-electron chi connectivity index (χ4n) is 1.24. The molecule has 6 nitrogen and oxygen atoms in total. The van der Waals surface area contributed by atoms with Crippen molar-refractivity contribution in [2.45, 2.75) is 6.42 Å². The molecule has 2 heterocycles. The van der Waals surface area contributed by atoms with Gasteiger partial charge in [0.25, 0.3) is 0 Å². The normalized spacial score (nSPS) is 10.1. The molecule has 7 heteroatoms. The van der Waals surface area contributed by atoms with E-state index in [0.29, 0.717) is 10.8 Å². The molecule has 2 rings (SSSR count). The summed E-state index contributed by atoms with van der Waals surface area (Å²) < 4.78 is 0. The minimum atomic E-state index is -0.302. The number of nitrogen functional groups attached to an aromatic ring is 1. The monoisotopic (exact) mass is 250 g/mol. The summed E-state index contributed by atoms with van der Waals surface area (Å²) in [6, 6.07) is 3.02. The predicted octanol–water partition coefficient (Wildman–Crippen LogP) is 1.01. The molecular formula is C10H10N4O2S. The topological polar surface area (TPSA) is 101 Å². The first-order chi connectivity index (χ1) is 8.15. The number of amides is 1. The third-order valence-corrected chi connectivity index (χ3v) is 2.68. The van der Waals surface area contributed by atoms with Gasteiger partial charge in [0.15, 0.2) is 16.7 Å². The van der Waals surface area contributed by atoms with Crippen molar-refractivity contribution in [3.63, 3.8) is 0 Å². The summed E-state index contributed by atoms with van der Waals surface area (Å²) in [5.41, 5.74) is 6.05. The zero-order valence-electron chi connectivity index (χ0n) is 8.75. The molecule has 0 aliphatic carbocycles. The highest BCUT2D eigenvalue weighted by molar-refractivity contribution is 7.13. The van der Waals surface area contributed by atoms with E-state index in [1.165, 1.54) is 23.6 Å². The van der Waals surface area contributed by atoms with Gasteiger partial charge in [-0.2, -0.15) is 0 Å². The molecule has 0 fully saturated rings. The van der Waals surface area contributed by atoms with Gasteiger partial charge in [-0.05, 0) is 12.1 Å². The van der Waals surface area contributed by atoms with E-state index in [4.69, 9.17) is 5.73 Å². The zero-order valence-corrected chi connectivity index (χ0v) is 9.57. The van der Waals surface area contributed by atoms with Crippen LogP contribution in [0.4, 0.5) is 10.9 Å². The number of carbonyl (C=O) groups is 1. The maximum Gasteiger partial charge on any atom is 0.231 e. The molecule has 0 radical (unpaired) electrons. The summed E-state index contributed by atoms with van der Waals surface area (Å²) in [7, 11) is 0. The second-order valence-corrected chi connectivity index (χ2v) is 4.16. The highest BCUT2D eigenvalue weighted by atomic mass is 32.1. The SMILES string of the molecule is Nc1nc(CC(=O)Nc2ncccc2O)cs1. The van der Waals surface area contributed by atoms with E-state index >= 15 is 0 Å².